The summed E-state index contributed by atoms with van der Waals surface area (Å²) in [5, 5.41) is 8.96. The monoisotopic (exact) mass is 655 g/mol. The SMILES string of the molecule is Cc1c(NC(=O)c2ccc(C(C)C)cc2)cc(NC(=O)CCl)cc1-c1cc(Nc2ccc(C(=O)N3CCOCC3)cc2)c(=O)n(C)c1. The third-order valence-electron chi connectivity index (χ3n) is 8.10. The van der Waals surface area contributed by atoms with E-state index in [1.807, 2.05) is 19.1 Å². The highest BCUT2D eigenvalue weighted by Crippen LogP contribution is 2.34. The molecule has 0 unspecified atom stereocenters. The van der Waals surface area contributed by atoms with E-state index in [1.165, 1.54) is 4.57 Å². The normalized spacial score (nSPS) is 12.9. The molecule has 0 saturated carbocycles. The van der Waals surface area contributed by atoms with Crippen LogP contribution in [0.4, 0.5) is 22.7 Å². The van der Waals surface area contributed by atoms with Gasteiger partial charge in [-0.1, -0.05) is 26.0 Å². The number of rotatable bonds is 9. The van der Waals surface area contributed by atoms with E-state index < -0.39 is 5.91 Å². The molecule has 47 heavy (non-hydrogen) atoms. The van der Waals surface area contributed by atoms with Gasteiger partial charge in [0.1, 0.15) is 11.6 Å². The molecule has 3 N–H and O–H groups in total. The molecule has 10 nitrogen and oxygen atoms in total. The molecule has 5 rings (SSSR count). The molecule has 1 aliphatic rings. The topological polar surface area (TPSA) is 122 Å². The first kappa shape index (κ1) is 33.4. The quantitative estimate of drug-likeness (QED) is 0.187. The Hall–Kier alpha value is -4.93. The van der Waals surface area contributed by atoms with Crippen LogP contribution in [0.1, 0.15) is 51.6 Å². The molecular weight excluding hydrogens is 618 g/mol. The van der Waals surface area contributed by atoms with E-state index in [0.717, 1.165) is 11.1 Å². The number of halogens is 1. The van der Waals surface area contributed by atoms with Crippen molar-refractivity contribution >= 4 is 52.1 Å². The molecule has 11 heteroatoms. The van der Waals surface area contributed by atoms with Crippen molar-refractivity contribution in [2.24, 2.45) is 7.05 Å². The summed E-state index contributed by atoms with van der Waals surface area (Å²) < 4.78 is 6.81. The maximum Gasteiger partial charge on any atom is 0.274 e. The van der Waals surface area contributed by atoms with E-state index in [1.54, 1.807) is 72.7 Å². The second kappa shape index (κ2) is 14.7. The van der Waals surface area contributed by atoms with E-state index >= 15 is 0 Å². The Kier molecular flexibility index (Phi) is 10.4. The fourth-order valence-electron chi connectivity index (χ4n) is 5.37. The molecule has 3 amide bonds. The van der Waals surface area contributed by atoms with Crippen molar-refractivity contribution < 1.29 is 19.1 Å². The number of nitrogens with zero attached hydrogens (tertiary/aromatic N) is 2. The first-order valence-corrected chi connectivity index (χ1v) is 15.9. The fraction of sp³-hybridized carbons (Fsp3) is 0.278. The minimum atomic E-state index is -0.401. The van der Waals surface area contributed by atoms with Gasteiger partial charge in [-0.25, -0.2) is 0 Å². The van der Waals surface area contributed by atoms with Gasteiger partial charge < -0.3 is 30.2 Å². The lowest BCUT2D eigenvalue weighted by Gasteiger charge is -2.26. The van der Waals surface area contributed by atoms with Crippen molar-refractivity contribution in [1.29, 1.82) is 0 Å². The third-order valence-corrected chi connectivity index (χ3v) is 8.35. The number of alkyl halides is 1. The summed E-state index contributed by atoms with van der Waals surface area (Å²) in [7, 11) is 1.65. The van der Waals surface area contributed by atoms with Crippen LogP contribution in [0.15, 0.2) is 77.7 Å². The zero-order valence-corrected chi connectivity index (χ0v) is 27.6. The van der Waals surface area contributed by atoms with Gasteiger partial charge in [-0.15, -0.1) is 11.6 Å². The number of aromatic nitrogens is 1. The standard InChI is InChI=1S/C36H38ClN5O5/c1-22(2)24-5-7-25(8-6-24)34(44)40-31-19-29(39-33(43)20-37)18-30(23(31)3)27-17-32(36(46)41(4)21-27)38-28-11-9-26(10-12-28)35(45)42-13-15-47-16-14-42/h5-12,17-19,21-22,38H,13-16,20H2,1-4H3,(H,39,43)(H,40,44). The Bertz CT molecular complexity index is 1850. The molecule has 0 radical (unpaired) electrons. The van der Waals surface area contributed by atoms with E-state index in [2.05, 4.69) is 29.8 Å². The first-order chi connectivity index (χ1) is 22.5. The number of nitrogens with one attached hydrogen (secondary N) is 3. The zero-order valence-electron chi connectivity index (χ0n) is 26.9. The molecule has 1 saturated heterocycles. The highest BCUT2D eigenvalue weighted by molar-refractivity contribution is 6.29. The Morgan fingerprint density at radius 1 is 0.872 bits per heavy atom. The largest absolute Gasteiger partial charge is 0.378 e. The van der Waals surface area contributed by atoms with Gasteiger partial charge in [-0.3, -0.25) is 19.2 Å². The van der Waals surface area contributed by atoms with Crippen LogP contribution in [0.2, 0.25) is 0 Å². The predicted molar refractivity (Wildman–Crippen MR) is 186 cm³/mol. The molecule has 244 valence electrons. The van der Waals surface area contributed by atoms with Crippen LogP contribution in [-0.2, 0) is 16.6 Å². The number of carbonyl (C=O) groups excluding carboxylic acids is 3. The summed E-state index contributed by atoms with van der Waals surface area (Å²) in [5.41, 5.74) is 5.88. The average molecular weight is 656 g/mol. The Labute approximate surface area is 278 Å². The zero-order chi connectivity index (χ0) is 33.7. The van der Waals surface area contributed by atoms with Gasteiger partial charge in [0, 0.05) is 60.1 Å². The van der Waals surface area contributed by atoms with E-state index in [4.69, 9.17) is 16.3 Å². The summed E-state index contributed by atoms with van der Waals surface area (Å²) in [6.45, 7) is 8.18. The van der Waals surface area contributed by atoms with Gasteiger partial charge in [-0.2, -0.15) is 0 Å². The summed E-state index contributed by atoms with van der Waals surface area (Å²) in [6, 6.07) is 19.6. The highest BCUT2D eigenvalue weighted by Gasteiger charge is 2.19. The van der Waals surface area contributed by atoms with E-state index in [9.17, 15) is 19.2 Å². The number of amides is 3. The third kappa shape index (κ3) is 7.90. The lowest BCUT2D eigenvalue weighted by molar-refractivity contribution is -0.113. The summed E-state index contributed by atoms with van der Waals surface area (Å²) >= 11 is 5.78. The van der Waals surface area contributed by atoms with Gasteiger partial charge in [0.25, 0.3) is 17.4 Å². The van der Waals surface area contributed by atoms with Gasteiger partial charge in [0.15, 0.2) is 0 Å². The average Bonchev–Trinajstić information content (AvgIpc) is 3.08. The second-order valence-corrected chi connectivity index (χ2v) is 12.0. The molecule has 3 aromatic carbocycles. The molecule has 1 fully saturated rings. The van der Waals surface area contributed by atoms with Crippen molar-refractivity contribution in [3.05, 3.63) is 106 Å². The summed E-state index contributed by atoms with van der Waals surface area (Å²) in [5.74, 6) is -0.665. The van der Waals surface area contributed by atoms with Gasteiger partial charge in [-0.05, 0) is 84.1 Å². The molecule has 0 atom stereocenters. The number of pyridine rings is 1. The van der Waals surface area contributed by atoms with Crippen molar-refractivity contribution in [3.8, 4) is 11.1 Å². The van der Waals surface area contributed by atoms with Crippen LogP contribution in [0.25, 0.3) is 11.1 Å². The number of hydrogen-bond acceptors (Lipinski definition) is 6. The number of morpholine rings is 1. The van der Waals surface area contributed by atoms with Crippen LogP contribution < -0.4 is 21.5 Å². The minimum Gasteiger partial charge on any atom is -0.378 e. The summed E-state index contributed by atoms with van der Waals surface area (Å²) in [6.07, 6.45) is 1.70. The maximum absolute atomic E-state index is 13.3. The van der Waals surface area contributed by atoms with Crippen LogP contribution in [0.5, 0.6) is 0 Å². The second-order valence-electron chi connectivity index (χ2n) is 11.8. The summed E-state index contributed by atoms with van der Waals surface area (Å²) in [4.78, 5) is 53.4. The number of carbonyl (C=O) groups is 3. The van der Waals surface area contributed by atoms with Crippen molar-refractivity contribution in [2.75, 3.05) is 48.1 Å². The molecule has 0 bridgehead atoms. The van der Waals surface area contributed by atoms with E-state index in [0.29, 0.717) is 77.2 Å². The molecule has 2 heterocycles. The van der Waals surface area contributed by atoms with Gasteiger partial charge in [0.2, 0.25) is 5.91 Å². The molecule has 1 aromatic heterocycles. The number of benzene rings is 3. The van der Waals surface area contributed by atoms with Crippen LogP contribution in [0, 0.1) is 6.92 Å². The lowest BCUT2D eigenvalue weighted by Crippen LogP contribution is -2.40. The number of aryl methyl sites for hydroxylation is 1. The molecule has 0 spiro atoms. The predicted octanol–water partition coefficient (Wildman–Crippen LogP) is 6.13. The molecule has 1 aliphatic heterocycles. The minimum absolute atomic E-state index is 0.0650. The Morgan fingerprint density at radius 2 is 1.53 bits per heavy atom. The van der Waals surface area contributed by atoms with Crippen LogP contribution in [-0.4, -0.2) is 59.4 Å². The van der Waals surface area contributed by atoms with Crippen LogP contribution >= 0.6 is 11.6 Å². The van der Waals surface area contributed by atoms with Gasteiger partial charge in [0.05, 0.1) is 13.2 Å². The first-order valence-electron chi connectivity index (χ1n) is 15.4. The highest BCUT2D eigenvalue weighted by atomic mass is 35.5. The molecule has 4 aromatic rings. The van der Waals surface area contributed by atoms with Crippen molar-refractivity contribution in [3.63, 3.8) is 0 Å². The maximum atomic E-state index is 13.3. The molecular formula is C36H38ClN5O5. The molecule has 0 aliphatic carbocycles. The lowest BCUT2D eigenvalue weighted by atomic mass is 9.98. The van der Waals surface area contributed by atoms with Crippen molar-refractivity contribution in [2.45, 2.75) is 26.7 Å². The van der Waals surface area contributed by atoms with Crippen molar-refractivity contribution in [1.82, 2.24) is 9.47 Å². The smallest absolute Gasteiger partial charge is 0.274 e. The number of hydrogen-bond donors (Lipinski definition) is 3. The Balaban J connectivity index is 1.46. The Morgan fingerprint density at radius 3 is 2.17 bits per heavy atom. The fourth-order valence-corrected chi connectivity index (χ4v) is 5.44. The number of anilines is 4. The van der Waals surface area contributed by atoms with Gasteiger partial charge >= 0.3 is 0 Å². The van der Waals surface area contributed by atoms with E-state index in [-0.39, 0.29) is 23.3 Å². The number of ether oxygens (including phenoxy) is 1. The van der Waals surface area contributed by atoms with Crippen LogP contribution in [0.3, 0.4) is 0 Å².